The molecule has 1 rings (SSSR count). The van der Waals surface area contributed by atoms with Gasteiger partial charge in [-0.3, -0.25) is 4.79 Å². The molecular weight excluding hydrogens is 226 g/mol. The molecule has 0 amide bonds. The van der Waals surface area contributed by atoms with E-state index in [0.717, 1.165) is 32.0 Å². The molecule has 0 aliphatic carbocycles. The average molecular weight is 255 g/mol. The lowest BCUT2D eigenvalue weighted by Crippen LogP contribution is -2.53. The van der Waals surface area contributed by atoms with E-state index in [1.54, 1.807) is 0 Å². The van der Waals surface area contributed by atoms with Gasteiger partial charge in [0.05, 0.1) is 0 Å². The van der Waals surface area contributed by atoms with Crippen molar-refractivity contribution < 1.29 is 9.90 Å². The van der Waals surface area contributed by atoms with Gasteiger partial charge in [0.15, 0.2) is 0 Å². The van der Waals surface area contributed by atoms with Gasteiger partial charge in [-0.15, -0.1) is 0 Å². The van der Waals surface area contributed by atoms with Gasteiger partial charge in [0, 0.05) is 26.1 Å². The van der Waals surface area contributed by atoms with E-state index in [0.29, 0.717) is 23.7 Å². The van der Waals surface area contributed by atoms with Crippen molar-refractivity contribution in [2.75, 3.05) is 19.6 Å². The molecule has 1 aliphatic rings. The Kier molecular flexibility index (Phi) is 5.20. The third-order valence-corrected chi connectivity index (χ3v) is 3.97. The van der Waals surface area contributed by atoms with Crippen LogP contribution in [0.4, 0.5) is 0 Å². The topological polar surface area (TPSA) is 40.5 Å². The van der Waals surface area contributed by atoms with Gasteiger partial charge in [0.2, 0.25) is 0 Å². The highest BCUT2D eigenvalue weighted by Gasteiger charge is 2.36. The Morgan fingerprint density at radius 1 is 1.33 bits per heavy atom. The number of nitrogens with zero attached hydrogens (tertiary/aromatic N) is 1. The molecule has 106 valence electrons. The van der Waals surface area contributed by atoms with Crippen LogP contribution in [0.25, 0.3) is 0 Å². The Labute approximate surface area is 112 Å². The molecule has 1 atom stereocenters. The second-order valence-corrected chi connectivity index (χ2v) is 7.37. The molecule has 1 heterocycles. The molecule has 3 nitrogen and oxygen atoms in total. The number of rotatable bonds is 6. The molecule has 1 unspecified atom stereocenters. The van der Waals surface area contributed by atoms with E-state index in [9.17, 15) is 4.79 Å². The van der Waals surface area contributed by atoms with Crippen LogP contribution >= 0.6 is 0 Å². The van der Waals surface area contributed by atoms with Crippen molar-refractivity contribution in [2.45, 2.75) is 47.5 Å². The monoisotopic (exact) mass is 255 g/mol. The van der Waals surface area contributed by atoms with Crippen LogP contribution in [0.5, 0.6) is 0 Å². The first-order chi connectivity index (χ1) is 8.18. The number of hydrogen-bond acceptors (Lipinski definition) is 2. The SMILES string of the molecule is CC(C)CC(CC(=O)O)CN1CC(C(C)(C)C)C1. The Morgan fingerprint density at radius 3 is 2.28 bits per heavy atom. The van der Waals surface area contributed by atoms with Crippen molar-refractivity contribution in [3.63, 3.8) is 0 Å². The third kappa shape index (κ3) is 4.97. The lowest BCUT2D eigenvalue weighted by atomic mass is 9.75. The maximum Gasteiger partial charge on any atom is 0.303 e. The lowest BCUT2D eigenvalue weighted by Gasteiger charge is -2.47. The maximum atomic E-state index is 10.9. The van der Waals surface area contributed by atoms with Gasteiger partial charge in [-0.05, 0) is 29.6 Å². The molecule has 0 aromatic carbocycles. The standard InChI is InChI=1S/C15H29NO2/c1-11(2)6-12(7-14(17)18)8-16-9-13(10-16)15(3,4)5/h11-13H,6-10H2,1-5H3,(H,17,18). The Balaban J connectivity index is 2.37. The van der Waals surface area contributed by atoms with Gasteiger partial charge in [-0.1, -0.05) is 34.6 Å². The zero-order valence-corrected chi connectivity index (χ0v) is 12.6. The van der Waals surface area contributed by atoms with Crippen molar-refractivity contribution in [1.29, 1.82) is 0 Å². The summed E-state index contributed by atoms with van der Waals surface area (Å²) in [7, 11) is 0. The van der Waals surface area contributed by atoms with Gasteiger partial charge in [0.1, 0.15) is 0 Å². The zero-order valence-electron chi connectivity index (χ0n) is 12.6. The van der Waals surface area contributed by atoms with Gasteiger partial charge in [-0.2, -0.15) is 0 Å². The highest BCUT2D eigenvalue weighted by Crippen LogP contribution is 2.34. The molecule has 0 aromatic rings. The van der Waals surface area contributed by atoms with E-state index in [4.69, 9.17) is 5.11 Å². The van der Waals surface area contributed by atoms with Crippen molar-refractivity contribution in [2.24, 2.45) is 23.2 Å². The van der Waals surface area contributed by atoms with Gasteiger partial charge in [0.25, 0.3) is 0 Å². The van der Waals surface area contributed by atoms with E-state index in [-0.39, 0.29) is 0 Å². The number of hydrogen-bond donors (Lipinski definition) is 1. The maximum absolute atomic E-state index is 10.9. The summed E-state index contributed by atoms with van der Waals surface area (Å²) in [6.07, 6.45) is 1.33. The largest absolute Gasteiger partial charge is 0.481 e. The van der Waals surface area contributed by atoms with Crippen LogP contribution in [0.3, 0.4) is 0 Å². The summed E-state index contributed by atoms with van der Waals surface area (Å²) in [5.74, 6) is 0.994. The summed E-state index contributed by atoms with van der Waals surface area (Å²) < 4.78 is 0. The molecule has 0 bridgehead atoms. The molecular formula is C15H29NO2. The Hall–Kier alpha value is -0.570. The van der Waals surface area contributed by atoms with Crippen LogP contribution in [0.15, 0.2) is 0 Å². The first kappa shape index (κ1) is 15.5. The number of carboxylic acids is 1. The normalized spacial score (nSPS) is 19.9. The second-order valence-electron chi connectivity index (χ2n) is 7.37. The van der Waals surface area contributed by atoms with Gasteiger partial charge >= 0.3 is 5.97 Å². The fraction of sp³-hybridized carbons (Fsp3) is 0.933. The molecule has 1 fully saturated rings. The van der Waals surface area contributed by atoms with E-state index in [1.165, 1.54) is 0 Å². The fourth-order valence-electron chi connectivity index (χ4n) is 2.77. The van der Waals surface area contributed by atoms with Crippen molar-refractivity contribution in [1.82, 2.24) is 4.90 Å². The van der Waals surface area contributed by atoms with E-state index in [1.807, 2.05) is 0 Å². The van der Waals surface area contributed by atoms with Crippen LogP contribution < -0.4 is 0 Å². The molecule has 1 aliphatic heterocycles. The van der Waals surface area contributed by atoms with Crippen LogP contribution in [0.1, 0.15) is 47.5 Å². The average Bonchev–Trinajstić information content (AvgIpc) is 2.05. The van der Waals surface area contributed by atoms with Gasteiger partial charge < -0.3 is 10.0 Å². The smallest absolute Gasteiger partial charge is 0.303 e. The summed E-state index contributed by atoms with van der Waals surface area (Å²) in [6, 6.07) is 0. The highest BCUT2D eigenvalue weighted by molar-refractivity contribution is 5.67. The minimum Gasteiger partial charge on any atom is -0.481 e. The third-order valence-electron chi connectivity index (χ3n) is 3.97. The predicted molar refractivity (Wildman–Crippen MR) is 74.6 cm³/mol. The second kappa shape index (κ2) is 6.05. The summed E-state index contributed by atoms with van der Waals surface area (Å²) in [5, 5.41) is 8.96. The molecule has 1 N–H and O–H groups in total. The zero-order chi connectivity index (χ0) is 13.9. The van der Waals surface area contributed by atoms with Crippen molar-refractivity contribution >= 4 is 5.97 Å². The number of carboxylic acid groups (broad SMARTS) is 1. The molecule has 3 heteroatoms. The number of carbonyl (C=O) groups is 1. The Bertz CT molecular complexity index is 275. The molecule has 1 saturated heterocycles. The van der Waals surface area contributed by atoms with Gasteiger partial charge in [-0.25, -0.2) is 0 Å². The number of likely N-dealkylation sites (tertiary alicyclic amines) is 1. The number of aliphatic carboxylic acids is 1. The lowest BCUT2D eigenvalue weighted by molar-refractivity contribution is -0.138. The molecule has 18 heavy (non-hydrogen) atoms. The van der Waals surface area contributed by atoms with Crippen LogP contribution in [-0.2, 0) is 4.79 Å². The predicted octanol–water partition coefficient (Wildman–Crippen LogP) is 3.10. The minimum absolute atomic E-state index is 0.309. The fourth-order valence-corrected chi connectivity index (χ4v) is 2.77. The first-order valence-electron chi connectivity index (χ1n) is 7.12. The van der Waals surface area contributed by atoms with Crippen LogP contribution in [0.2, 0.25) is 0 Å². The summed E-state index contributed by atoms with van der Waals surface area (Å²) >= 11 is 0. The summed E-state index contributed by atoms with van der Waals surface area (Å²) in [5.41, 5.74) is 0.386. The first-order valence-corrected chi connectivity index (χ1v) is 7.12. The van der Waals surface area contributed by atoms with Crippen LogP contribution in [-0.4, -0.2) is 35.6 Å². The molecule has 0 spiro atoms. The Morgan fingerprint density at radius 2 is 1.89 bits per heavy atom. The van der Waals surface area contributed by atoms with E-state index < -0.39 is 5.97 Å². The van der Waals surface area contributed by atoms with Crippen molar-refractivity contribution in [3.8, 4) is 0 Å². The summed E-state index contributed by atoms with van der Waals surface area (Å²) in [6.45, 7) is 14.4. The highest BCUT2D eigenvalue weighted by atomic mass is 16.4. The summed E-state index contributed by atoms with van der Waals surface area (Å²) in [4.78, 5) is 13.3. The van der Waals surface area contributed by atoms with E-state index in [2.05, 4.69) is 39.5 Å². The van der Waals surface area contributed by atoms with Crippen molar-refractivity contribution in [3.05, 3.63) is 0 Å². The molecule has 0 aromatic heterocycles. The molecule has 0 radical (unpaired) electrons. The quantitative estimate of drug-likeness (QED) is 0.793. The minimum atomic E-state index is -0.659. The van der Waals surface area contributed by atoms with E-state index >= 15 is 0 Å². The van der Waals surface area contributed by atoms with Crippen LogP contribution in [0, 0.1) is 23.2 Å². The molecule has 0 saturated carbocycles.